The highest BCUT2D eigenvalue weighted by Crippen LogP contribution is 2.31. The molecule has 0 fully saturated rings. The van der Waals surface area contributed by atoms with E-state index in [2.05, 4.69) is 31.9 Å². The lowest BCUT2D eigenvalue weighted by Crippen LogP contribution is -2.15. The Morgan fingerprint density at radius 1 is 0.861 bits per heavy atom. The lowest BCUT2D eigenvalue weighted by atomic mass is 9.97. The normalized spacial score (nSPS) is 10.3. The predicted molar refractivity (Wildman–Crippen MR) is 136 cm³/mol. The standard InChI is InChI=1S/C28H32O8/c1-5-6-7-22-8-9-23(12-19(22)2)24-13-25(33-10-11-34-27(31)20(3)16-29)15-26(14-24)35-18-36-28(32)21(4)17-30/h5,8-9,12-15,29-30H,1,3-4,6-7,10-11,16-18H2,2H3. The predicted octanol–water partition coefficient (Wildman–Crippen LogP) is 3.68. The molecule has 2 aromatic rings. The molecule has 8 nitrogen and oxygen atoms in total. The number of carbonyl (C=O) groups excluding carboxylic acids is 2. The van der Waals surface area contributed by atoms with Crippen molar-refractivity contribution in [2.75, 3.05) is 33.2 Å². The van der Waals surface area contributed by atoms with Gasteiger partial charge in [0.2, 0.25) is 6.79 Å². The molecule has 8 heteroatoms. The maximum atomic E-state index is 11.7. The van der Waals surface area contributed by atoms with Crippen LogP contribution in [0.4, 0.5) is 0 Å². The van der Waals surface area contributed by atoms with Crippen LogP contribution in [0.1, 0.15) is 17.5 Å². The summed E-state index contributed by atoms with van der Waals surface area (Å²) in [4.78, 5) is 23.3. The van der Waals surface area contributed by atoms with Gasteiger partial charge in [-0.25, -0.2) is 9.59 Å². The Kier molecular flexibility index (Phi) is 11.4. The Balaban J connectivity index is 2.19. The Morgan fingerprint density at radius 2 is 1.50 bits per heavy atom. The van der Waals surface area contributed by atoms with E-state index in [0.29, 0.717) is 11.5 Å². The van der Waals surface area contributed by atoms with Crippen LogP contribution in [-0.4, -0.2) is 55.4 Å². The third-order valence-electron chi connectivity index (χ3n) is 5.13. The molecule has 2 aromatic carbocycles. The topological polar surface area (TPSA) is 112 Å². The van der Waals surface area contributed by atoms with Crippen LogP contribution in [-0.2, 0) is 25.5 Å². The molecule has 2 N–H and O–H groups in total. The molecule has 0 amide bonds. The zero-order valence-corrected chi connectivity index (χ0v) is 20.5. The maximum absolute atomic E-state index is 11.7. The first-order chi connectivity index (χ1) is 17.3. The van der Waals surface area contributed by atoms with Crippen molar-refractivity contribution in [1.29, 1.82) is 0 Å². The second kappa shape index (κ2) is 14.5. The van der Waals surface area contributed by atoms with Crippen molar-refractivity contribution in [2.45, 2.75) is 19.8 Å². The number of aliphatic hydroxyl groups excluding tert-OH is 2. The van der Waals surface area contributed by atoms with E-state index >= 15 is 0 Å². The van der Waals surface area contributed by atoms with Crippen molar-refractivity contribution in [1.82, 2.24) is 0 Å². The minimum Gasteiger partial charge on any atom is -0.490 e. The van der Waals surface area contributed by atoms with Gasteiger partial charge in [-0.3, -0.25) is 0 Å². The van der Waals surface area contributed by atoms with Gasteiger partial charge in [-0.2, -0.15) is 0 Å². The third kappa shape index (κ3) is 8.72. The summed E-state index contributed by atoms with van der Waals surface area (Å²) in [5.41, 5.74) is 3.97. The second-order valence-corrected chi connectivity index (χ2v) is 7.86. The van der Waals surface area contributed by atoms with Gasteiger partial charge in [-0.1, -0.05) is 37.4 Å². The van der Waals surface area contributed by atoms with E-state index < -0.39 is 25.2 Å². The lowest BCUT2D eigenvalue weighted by molar-refractivity contribution is -0.146. The molecule has 2 rings (SSSR count). The first-order valence-corrected chi connectivity index (χ1v) is 11.3. The number of benzene rings is 2. The van der Waals surface area contributed by atoms with Crippen LogP contribution < -0.4 is 9.47 Å². The van der Waals surface area contributed by atoms with E-state index in [1.807, 2.05) is 25.1 Å². The van der Waals surface area contributed by atoms with Gasteiger partial charge in [-0.15, -0.1) is 6.58 Å². The minimum absolute atomic E-state index is 0.0435. The largest absolute Gasteiger partial charge is 0.490 e. The highest BCUT2D eigenvalue weighted by atomic mass is 16.7. The zero-order valence-electron chi connectivity index (χ0n) is 20.5. The van der Waals surface area contributed by atoms with Crippen LogP contribution in [0.25, 0.3) is 11.1 Å². The van der Waals surface area contributed by atoms with Crippen molar-refractivity contribution in [3.8, 4) is 22.6 Å². The molecule has 0 atom stereocenters. The molecule has 192 valence electrons. The summed E-state index contributed by atoms with van der Waals surface area (Å²) < 4.78 is 21.3. The van der Waals surface area contributed by atoms with E-state index in [1.165, 1.54) is 5.56 Å². The summed E-state index contributed by atoms with van der Waals surface area (Å²) in [7, 11) is 0. The molecule has 0 saturated heterocycles. The minimum atomic E-state index is -0.762. The van der Waals surface area contributed by atoms with Crippen molar-refractivity contribution in [3.05, 3.63) is 84.5 Å². The number of rotatable bonds is 15. The van der Waals surface area contributed by atoms with E-state index in [9.17, 15) is 9.59 Å². The zero-order chi connectivity index (χ0) is 26.5. The van der Waals surface area contributed by atoms with Gasteiger partial charge in [0, 0.05) is 6.07 Å². The number of aryl methyl sites for hydroxylation is 2. The number of esters is 2. The van der Waals surface area contributed by atoms with Crippen LogP contribution in [0, 0.1) is 6.92 Å². The van der Waals surface area contributed by atoms with Crippen molar-refractivity contribution in [3.63, 3.8) is 0 Å². The first-order valence-electron chi connectivity index (χ1n) is 11.3. The Bertz CT molecular complexity index is 1100. The summed E-state index contributed by atoms with van der Waals surface area (Å²) in [6.07, 6.45) is 3.68. The number of hydrogen-bond donors (Lipinski definition) is 2. The average molecular weight is 497 g/mol. The lowest BCUT2D eigenvalue weighted by Gasteiger charge is -2.14. The van der Waals surface area contributed by atoms with Crippen LogP contribution in [0.5, 0.6) is 11.5 Å². The number of hydrogen-bond acceptors (Lipinski definition) is 8. The number of allylic oxidation sites excluding steroid dienone is 1. The summed E-state index contributed by atoms with van der Waals surface area (Å²) in [6, 6.07) is 11.3. The van der Waals surface area contributed by atoms with Gasteiger partial charge in [0.1, 0.15) is 24.7 Å². The quantitative estimate of drug-likeness (QED) is 0.126. The molecule has 0 spiro atoms. The van der Waals surface area contributed by atoms with Crippen molar-refractivity contribution >= 4 is 11.9 Å². The average Bonchev–Trinajstić information content (AvgIpc) is 2.89. The molecular formula is C28H32O8. The maximum Gasteiger partial charge on any atom is 0.338 e. The van der Waals surface area contributed by atoms with Crippen LogP contribution in [0.2, 0.25) is 0 Å². The molecule has 0 aliphatic carbocycles. The van der Waals surface area contributed by atoms with Gasteiger partial charge in [0.05, 0.1) is 24.4 Å². The van der Waals surface area contributed by atoms with Gasteiger partial charge in [0.25, 0.3) is 0 Å². The fraction of sp³-hybridized carbons (Fsp3) is 0.286. The van der Waals surface area contributed by atoms with Crippen molar-refractivity contribution in [2.24, 2.45) is 0 Å². The SMILES string of the molecule is C=CCCc1ccc(-c2cc(OCCOC(=O)C(=C)CO)cc(OCOC(=O)C(=C)CO)c2)cc1C. The van der Waals surface area contributed by atoms with Crippen LogP contribution in [0.15, 0.2) is 73.4 Å². The fourth-order valence-corrected chi connectivity index (χ4v) is 3.10. The molecule has 0 aliphatic rings. The molecule has 36 heavy (non-hydrogen) atoms. The van der Waals surface area contributed by atoms with Crippen LogP contribution >= 0.6 is 0 Å². The third-order valence-corrected chi connectivity index (χ3v) is 5.13. The molecule has 0 unspecified atom stereocenters. The molecule has 0 bridgehead atoms. The summed E-state index contributed by atoms with van der Waals surface area (Å²) in [5.74, 6) is -0.637. The number of aliphatic hydroxyl groups is 2. The fourth-order valence-electron chi connectivity index (χ4n) is 3.10. The van der Waals surface area contributed by atoms with E-state index in [1.54, 1.807) is 12.1 Å². The first kappa shape index (κ1) is 28.4. The van der Waals surface area contributed by atoms with Crippen molar-refractivity contribution < 1.29 is 38.7 Å². The van der Waals surface area contributed by atoms with E-state index in [0.717, 1.165) is 29.5 Å². The van der Waals surface area contributed by atoms with Gasteiger partial charge >= 0.3 is 11.9 Å². The highest BCUT2D eigenvalue weighted by molar-refractivity contribution is 5.88. The summed E-state index contributed by atoms with van der Waals surface area (Å²) in [5, 5.41) is 17.9. The summed E-state index contributed by atoms with van der Waals surface area (Å²) in [6.45, 7) is 11.3. The highest BCUT2D eigenvalue weighted by Gasteiger charge is 2.11. The van der Waals surface area contributed by atoms with E-state index in [-0.39, 0.29) is 31.2 Å². The molecule has 0 aliphatic heterocycles. The van der Waals surface area contributed by atoms with Gasteiger partial charge < -0.3 is 29.2 Å². The Labute approximate surface area is 211 Å². The molecule has 0 radical (unpaired) electrons. The van der Waals surface area contributed by atoms with Gasteiger partial charge in [0.15, 0.2) is 0 Å². The Morgan fingerprint density at radius 3 is 2.11 bits per heavy atom. The van der Waals surface area contributed by atoms with Gasteiger partial charge in [-0.05, 0) is 54.2 Å². The number of carbonyl (C=O) groups is 2. The Hall–Kier alpha value is -3.88. The summed E-state index contributed by atoms with van der Waals surface area (Å²) >= 11 is 0. The molecule has 0 heterocycles. The smallest absolute Gasteiger partial charge is 0.338 e. The number of ether oxygens (including phenoxy) is 4. The molecule has 0 aromatic heterocycles. The second-order valence-electron chi connectivity index (χ2n) is 7.86. The van der Waals surface area contributed by atoms with Crippen LogP contribution in [0.3, 0.4) is 0 Å². The molecular weight excluding hydrogens is 464 g/mol. The van der Waals surface area contributed by atoms with E-state index in [4.69, 9.17) is 29.2 Å². The molecule has 0 saturated carbocycles. The monoisotopic (exact) mass is 496 g/mol.